The lowest BCUT2D eigenvalue weighted by Crippen LogP contribution is -2.42. The zero-order valence-electron chi connectivity index (χ0n) is 22.8. The average molecular weight is 570 g/mol. The van der Waals surface area contributed by atoms with Crippen molar-refractivity contribution in [3.05, 3.63) is 0 Å². The minimum absolute atomic E-state index is 0.193. The summed E-state index contributed by atoms with van der Waals surface area (Å²) in [5.74, 6) is 0.186. The number of carbonyl (C=O) groups excluding carboxylic acids is 1. The molecule has 0 unspecified atom stereocenters. The number of carboxylic acids is 1. The highest BCUT2D eigenvalue weighted by molar-refractivity contribution is 7.98. The molecule has 0 heterocycles. The SMILES string of the molecule is CSCC[C@H](NC(=O)COCCOCCOCCOCCOCCCCCCCCCCCS)C(=O)O. The Morgan fingerprint density at radius 1 is 0.703 bits per heavy atom. The van der Waals surface area contributed by atoms with E-state index in [9.17, 15) is 9.59 Å². The Morgan fingerprint density at radius 2 is 1.14 bits per heavy atom. The Bertz CT molecular complexity index is 517. The summed E-state index contributed by atoms with van der Waals surface area (Å²) in [6.07, 6.45) is 13.9. The first kappa shape index (κ1) is 36.4. The van der Waals surface area contributed by atoms with E-state index < -0.39 is 17.9 Å². The van der Waals surface area contributed by atoms with Gasteiger partial charge in [-0.2, -0.15) is 24.4 Å². The lowest BCUT2D eigenvalue weighted by molar-refractivity contribution is -0.142. The number of amides is 1. The fourth-order valence-electron chi connectivity index (χ4n) is 3.33. The maximum atomic E-state index is 11.8. The van der Waals surface area contributed by atoms with Crippen molar-refractivity contribution in [1.29, 1.82) is 0 Å². The number of unbranched alkanes of at least 4 members (excludes halogenated alkanes) is 8. The van der Waals surface area contributed by atoms with Gasteiger partial charge in [0.1, 0.15) is 12.6 Å². The maximum Gasteiger partial charge on any atom is 0.326 e. The van der Waals surface area contributed by atoms with E-state index in [1.165, 1.54) is 63.1 Å². The Morgan fingerprint density at radius 3 is 1.59 bits per heavy atom. The Kier molecular flexibility index (Phi) is 29.5. The molecule has 37 heavy (non-hydrogen) atoms. The normalized spacial score (nSPS) is 12.1. The van der Waals surface area contributed by atoms with Crippen LogP contribution in [0, 0.1) is 0 Å². The highest BCUT2D eigenvalue weighted by Crippen LogP contribution is 2.10. The number of nitrogens with one attached hydrogen (secondary N) is 1. The van der Waals surface area contributed by atoms with E-state index in [0.29, 0.717) is 58.4 Å². The molecule has 9 nitrogen and oxygen atoms in total. The molecule has 1 amide bonds. The summed E-state index contributed by atoms with van der Waals surface area (Å²) >= 11 is 5.77. The second-order valence-corrected chi connectivity index (χ2v) is 10.1. The molecule has 0 aliphatic rings. The molecule has 0 aromatic rings. The average Bonchev–Trinajstić information content (AvgIpc) is 2.88. The van der Waals surface area contributed by atoms with Crippen molar-refractivity contribution >= 4 is 36.3 Å². The van der Waals surface area contributed by atoms with E-state index in [1.807, 2.05) is 6.26 Å². The summed E-state index contributed by atoms with van der Waals surface area (Å²) in [6, 6.07) is -0.888. The van der Waals surface area contributed by atoms with Crippen LogP contribution in [0.1, 0.15) is 64.2 Å². The molecule has 0 saturated carbocycles. The predicted molar refractivity (Wildman–Crippen MR) is 152 cm³/mol. The van der Waals surface area contributed by atoms with E-state index in [2.05, 4.69) is 17.9 Å². The van der Waals surface area contributed by atoms with E-state index in [0.717, 1.165) is 18.8 Å². The van der Waals surface area contributed by atoms with Crippen LogP contribution in [0.5, 0.6) is 0 Å². The minimum atomic E-state index is -1.04. The van der Waals surface area contributed by atoms with Crippen molar-refractivity contribution in [2.45, 2.75) is 70.3 Å². The summed E-state index contributed by atoms with van der Waals surface area (Å²) in [4.78, 5) is 22.9. The van der Waals surface area contributed by atoms with Crippen molar-refractivity contribution in [1.82, 2.24) is 5.32 Å². The zero-order chi connectivity index (χ0) is 27.2. The van der Waals surface area contributed by atoms with Crippen LogP contribution >= 0.6 is 24.4 Å². The predicted octanol–water partition coefficient (Wildman–Crippen LogP) is 3.83. The van der Waals surface area contributed by atoms with Gasteiger partial charge in [-0.3, -0.25) is 4.79 Å². The number of ether oxygens (including phenoxy) is 5. The molecule has 0 aliphatic carbocycles. The molecular formula is C26H51NO8S2. The summed E-state index contributed by atoms with van der Waals surface area (Å²) in [7, 11) is 0. The van der Waals surface area contributed by atoms with Crippen molar-refractivity contribution in [3.8, 4) is 0 Å². The van der Waals surface area contributed by atoms with Crippen LogP contribution in [0.15, 0.2) is 0 Å². The molecule has 0 aromatic heterocycles. The molecule has 0 aromatic carbocycles. The molecule has 0 spiro atoms. The summed E-state index contributed by atoms with van der Waals surface area (Å²) in [5, 5.41) is 11.6. The number of thiol groups is 1. The van der Waals surface area contributed by atoms with Gasteiger partial charge < -0.3 is 34.1 Å². The van der Waals surface area contributed by atoms with Gasteiger partial charge in [0.15, 0.2) is 0 Å². The third-order valence-electron chi connectivity index (χ3n) is 5.41. The molecule has 2 N–H and O–H groups in total. The number of hydrogen-bond acceptors (Lipinski definition) is 9. The second kappa shape index (κ2) is 30.0. The number of aliphatic carboxylic acids is 1. The van der Waals surface area contributed by atoms with Crippen molar-refractivity contribution < 1.29 is 38.4 Å². The van der Waals surface area contributed by atoms with Gasteiger partial charge in [0.25, 0.3) is 0 Å². The molecule has 0 radical (unpaired) electrons. The van der Waals surface area contributed by atoms with Gasteiger partial charge in [-0.05, 0) is 37.0 Å². The van der Waals surface area contributed by atoms with Gasteiger partial charge in [-0.25, -0.2) is 4.79 Å². The lowest BCUT2D eigenvalue weighted by Gasteiger charge is -2.14. The van der Waals surface area contributed by atoms with Crippen LogP contribution in [-0.2, 0) is 33.3 Å². The number of carbonyl (C=O) groups is 2. The quantitative estimate of drug-likeness (QED) is 0.0877. The van der Waals surface area contributed by atoms with Crippen LogP contribution in [0.2, 0.25) is 0 Å². The van der Waals surface area contributed by atoms with E-state index in [1.54, 1.807) is 0 Å². The Balaban J connectivity index is 3.25. The Hall–Kier alpha value is -0.560. The highest BCUT2D eigenvalue weighted by atomic mass is 32.2. The minimum Gasteiger partial charge on any atom is -0.480 e. The van der Waals surface area contributed by atoms with Gasteiger partial charge in [-0.15, -0.1) is 0 Å². The number of hydrogen-bond donors (Lipinski definition) is 3. The molecule has 11 heteroatoms. The van der Waals surface area contributed by atoms with Crippen LogP contribution in [0.25, 0.3) is 0 Å². The van der Waals surface area contributed by atoms with Crippen LogP contribution in [0.3, 0.4) is 0 Å². The Labute approximate surface area is 233 Å². The largest absolute Gasteiger partial charge is 0.480 e. The first-order valence-corrected chi connectivity index (χ1v) is 15.6. The molecule has 0 bridgehead atoms. The zero-order valence-corrected chi connectivity index (χ0v) is 24.5. The van der Waals surface area contributed by atoms with Gasteiger partial charge in [-0.1, -0.05) is 44.9 Å². The van der Waals surface area contributed by atoms with Crippen LogP contribution in [0.4, 0.5) is 0 Å². The fourth-order valence-corrected chi connectivity index (χ4v) is 4.02. The standard InChI is InChI=1S/C26H51NO8S2/c1-37-22-11-24(26(29)30)27-25(28)23-35-20-19-34-18-17-33-16-15-32-14-13-31-12-9-7-5-3-2-4-6-8-10-21-36/h24,36H,2-23H2,1H3,(H,27,28)(H,29,30)/t24-/m0/s1. The van der Waals surface area contributed by atoms with Crippen molar-refractivity contribution in [3.63, 3.8) is 0 Å². The molecule has 0 aliphatic heterocycles. The smallest absolute Gasteiger partial charge is 0.326 e. The molecule has 0 fully saturated rings. The third-order valence-corrected chi connectivity index (χ3v) is 6.37. The molecule has 220 valence electrons. The summed E-state index contributed by atoms with van der Waals surface area (Å²) < 4.78 is 27.1. The maximum absolute atomic E-state index is 11.8. The summed E-state index contributed by atoms with van der Waals surface area (Å²) in [6.45, 7) is 4.25. The fraction of sp³-hybridized carbons (Fsp3) is 0.923. The molecule has 0 rings (SSSR count). The number of rotatable bonds is 30. The topological polar surface area (TPSA) is 113 Å². The van der Waals surface area contributed by atoms with Crippen molar-refractivity contribution in [2.75, 3.05) is 83.8 Å². The number of carboxylic acid groups (broad SMARTS) is 1. The van der Waals surface area contributed by atoms with Gasteiger partial charge in [0, 0.05) is 6.61 Å². The molecule has 1 atom stereocenters. The first-order chi connectivity index (χ1) is 18.1. The van der Waals surface area contributed by atoms with Crippen molar-refractivity contribution in [2.24, 2.45) is 0 Å². The van der Waals surface area contributed by atoms with Crippen LogP contribution < -0.4 is 5.32 Å². The highest BCUT2D eigenvalue weighted by Gasteiger charge is 2.19. The van der Waals surface area contributed by atoms with E-state index in [-0.39, 0.29) is 13.2 Å². The second-order valence-electron chi connectivity index (χ2n) is 8.65. The first-order valence-electron chi connectivity index (χ1n) is 13.6. The summed E-state index contributed by atoms with van der Waals surface area (Å²) in [5.41, 5.74) is 0. The number of thioether (sulfide) groups is 1. The lowest BCUT2D eigenvalue weighted by atomic mass is 10.1. The third kappa shape index (κ3) is 28.3. The van der Waals surface area contributed by atoms with Gasteiger partial charge in [0.2, 0.25) is 5.91 Å². The molecular weight excluding hydrogens is 518 g/mol. The molecule has 0 saturated heterocycles. The van der Waals surface area contributed by atoms with E-state index >= 15 is 0 Å². The van der Waals surface area contributed by atoms with Gasteiger partial charge in [0.05, 0.1) is 52.9 Å². The monoisotopic (exact) mass is 569 g/mol. The van der Waals surface area contributed by atoms with Gasteiger partial charge >= 0.3 is 5.97 Å². The van der Waals surface area contributed by atoms with Crippen LogP contribution in [-0.4, -0.2) is 107 Å². The van der Waals surface area contributed by atoms with E-state index in [4.69, 9.17) is 28.8 Å².